The van der Waals surface area contributed by atoms with Crippen LogP contribution in [-0.2, 0) is 6.54 Å². The Labute approximate surface area is 121 Å². The smallest absolute Gasteiger partial charge is 0.179 e. The van der Waals surface area contributed by atoms with Crippen molar-refractivity contribution in [1.82, 2.24) is 4.98 Å². The van der Waals surface area contributed by atoms with Gasteiger partial charge in [0.1, 0.15) is 17.1 Å². The maximum Gasteiger partial charge on any atom is 0.179 e. The van der Waals surface area contributed by atoms with Crippen molar-refractivity contribution < 1.29 is 4.57 Å². The molecule has 4 heteroatoms. The second-order valence-electron chi connectivity index (χ2n) is 4.44. The second kappa shape index (κ2) is 5.27. The first-order valence-corrected chi connectivity index (χ1v) is 7.52. The van der Waals surface area contributed by atoms with E-state index < -0.39 is 0 Å². The number of benzene rings is 1. The molecule has 96 valence electrons. The zero-order chi connectivity index (χ0) is 13.2. The van der Waals surface area contributed by atoms with E-state index in [1.165, 1.54) is 0 Å². The summed E-state index contributed by atoms with van der Waals surface area (Å²) in [5, 5.41) is 1.74. The number of rotatable bonds is 3. The van der Waals surface area contributed by atoms with Gasteiger partial charge in [-0.3, -0.25) is 0 Å². The molecule has 2 nitrogen and oxygen atoms in total. The molecule has 0 unspecified atom stereocenters. The number of nitrogens with zero attached hydrogens (tertiary/aromatic N) is 2. The SMILES string of the molecule is CCC[n+]1cccc(-c2nc3c(Cl)cccc3s2)c1. The summed E-state index contributed by atoms with van der Waals surface area (Å²) in [7, 11) is 0. The number of thiazole rings is 1. The zero-order valence-electron chi connectivity index (χ0n) is 10.6. The number of aryl methyl sites for hydroxylation is 1. The lowest BCUT2D eigenvalue weighted by Crippen LogP contribution is -2.32. The molecule has 3 aromatic rings. The Balaban J connectivity index is 2.08. The van der Waals surface area contributed by atoms with Gasteiger partial charge in [0.15, 0.2) is 12.4 Å². The number of fused-ring (bicyclic) bond motifs is 1. The van der Waals surface area contributed by atoms with Crippen LogP contribution in [0.5, 0.6) is 0 Å². The molecular formula is C15H14ClN2S+. The topological polar surface area (TPSA) is 16.8 Å². The molecule has 0 aliphatic rings. The van der Waals surface area contributed by atoms with E-state index in [1.807, 2.05) is 12.1 Å². The Morgan fingerprint density at radius 1 is 1.26 bits per heavy atom. The van der Waals surface area contributed by atoms with Crippen LogP contribution >= 0.6 is 22.9 Å². The van der Waals surface area contributed by atoms with Gasteiger partial charge in [0.2, 0.25) is 0 Å². The molecule has 2 aromatic heterocycles. The van der Waals surface area contributed by atoms with Crippen LogP contribution in [-0.4, -0.2) is 4.98 Å². The van der Waals surface area contributed by atoms with E-state index in [-0.39, 0.29) is 0 Å². The minimum absolute atomic E-state index is 0.720. The van der Waals surface area contributed by atoms with Crippen molar-refractivity contribution in [3.63, 3.8) is 0 Å². The number of halogens is 1. The molecule has 3 rings (SSSR count). The highest BCUT2D eigenvalue weighted by Gasteiger charge is 2.11. The van der Waals surface area contributed by atoms with Gasteiger partial charge in [-0.25, -0.2) is 9.55 Å². The highest BCUT2D eigenvalue weighted by Crippen LogP contribution is 2.32. The van der Waals surface area contributed by atoms with Crippen LogP contribution in [0.25, 0.3) is 20.8 Å². The van der Waals surface area contributed by atoms with Crippen LogP contribution in [0.2, 0.25) is 5.02 Å². The van der Waals surface area contributed by atoms with Crippen molar-refractivity contribution in [2.45, 2.75) is 19.9 Å². The van der Waals surface area contributed by atoms with Crippen LogP contribution in [0.3, 0.4) is 0 Å². The molecule has 0 atom stereocenters. The van der Waals surface area contributed by atoms with Gasteiger partial charge < -0.3 is 0 Å². The van der Waals surface area contributed by atoms with Gasteiger partial charge in [-0.1, -0.05) is 24.6 Å². The first kappa shape index (κ1) is 12.6. The first-order valence-electron chi connectivity index (χ1n) is 6.32. The fourth-order valence-corrected chi connectivity index (χ4v) is 3.34. The average Bonchev–Trinajstić information content (AvgIpc) is 2.85. The van der Waals surface area contributed by atoms with E-state index in [0.717, 1.165) is 38.8 Å². The van der Waals surface area contributed by atoms with Crippen molar-refractivity contribution >= 4 is 33.2 Å². The van der Waals surface area contributed by atoms with Gasteiger partial charge in [-0.15, -0.1) is 11.3 Å². The predicted molar refractivity (Wildman–Crippen MR) is 80.6 cm³/mol. The molecule has 19 heavy (non-hydrogen) atoms. The highest BCUT2D eigenvalue weighted by atomic mass is 35.5. The molecule has 0 bridgehead atoms. The van der Waals surface area contributed by atoms with Crippen molar-refractivity contribution in [1.29, 1.82) is 0 Å². The minimum atomic E-state index is 0.720. The van der Waals surface area contributed by atoms with E-state index in [9.17, 15) is 0 Å². The number of hydrogen-bond donors (Lipinski definition) is 0. The van der Waals surface area contributed by atoms with Gasteiger partial charge in [0.25, 0.3) is 0 Å². The standard InChI is InChI=1S/C15H14ClN2S/c1-2-8-18-9-4-5-11(10-18)15-17-14-12(16)6-3-7-13(14)19-15/h3-7,9-10H,2,8H2,1H3/q+1. The quantitative estimate of drug-likeness (QED) is 0.656. The molecule has 0 saturated heterocycles. The molecule has 0 fully saturated rings. The molecule has 2 heterocycles. The Bertz CT molecular complexity index is 721. The third kappa shape index (κ3) is 2.48. The number of para-hydroxylation sites is 1. The van der Waals surface area contributed by atoms with Crippen LogP contribution in [0.1, 0.15) is 13.3 Å². The second-order valence-corrected chi connectivity index (χ2v) is 5.87. The molecule has 0 aliphatic heterocycles. The molecule has 0 spiro atoms. The molecule has 0 saturated carbocycles. The fraction of sp³-hybridized carbons (Fsp3) is 0.200. The number of pyridine rings is 1. The number of aromatic nitrogens is 2. The lowest BCUT2D eigenvalue weighted by atomic mass is 10.3. The highest BCUT2D eigenvalue weighted by molar-refractivity contribution is 7.21. The maximum absolute atomic E-state index is 6.18. The Morgan fingerprint density at radius 3 is 2.95 bits per heavy atom. The first-order chi connectivity index (χ1) is 9.28. The fourth-order valence-electron chi connectivity index (χ4n) is 2.08. The van der Waals surface area contributed by atoms with Crippen molar-refractivity contribution in [3.05, 3.63) is 47.7 Å². The van der Waals surface area contributed by atoms with E-state index in [0.29, 0.717) is 0 Å². The van der Waals surface area contributed by atoms with Crippen molar-refractivity contribution in [3.8, 4) is 10.6 Å². The predicted octanol–water partition coefficient (Wildman–Crippen LogP) is 4.31. The molecule has 0 radical (unpaired) electrons. The van der Waals surface area contributed by atoms with Gasteiger partial charge in [-0.05, 0) is 18.2 Å². The molecule has 0 amide bonds. The Kier molecular flexibility index (Phi) is 3.49. The summed E-state index contributed by atoms with van der Waals surface area (Å²) in [6.45, 7) is 3.20. The van der Waals surface area contributed by atoms with E-state index in [4.69, 9.17) is 11.6 Å². The van der Waals surface area contributed by atoms with Gasteiger partial charge >= 0.3 is 0 Å². The lowest BCUT2D eigenvalue weighted by Gasteiger charge is -1.96. The third-order valence-corrected chi connectivity index (χ3v) is 4.33. The summed E-state index contributed by atoms with van der Waals surface area (Å²) in [6.07, 6.45) is 5.36. The minimum Gasteiger partial charge on any atom is -0.234 e. The maximum atomic E-state index is 6.18. The van der Waals surface area contributed by atoms with Crippen LogP contribution in [0.4, 0.5) is 0 Å². The zero-order valence-corrected chi connectivity index (χ0v) is 12.2. The third-order valence-electron chi connectivity index (χ3n) is 2.96. The Morgan fingerprint density at radius 2 is 2.16 bits per heavy atom. The van der Waals surface area contributed by atoms with Crippen LogP contribution in [0.15, 0.2) is 42.7 Å². The largest absolute Gasteiger partial charge is 0.234 e. The summed E-state index contributed by atoms with van der Waals surface area (Å²) in [4.78, 5) is 4.66. The van der Waals surface area contributed by atoms with E-state index in [2.05, 4.69) is 47.1 Å². The summed E-state index contributed by atoms with van der Waals surface area (Å²) >= 11 is 7.86. The molecule has 0 N–H and O–H groups in total. The monoisotopic (exact) mass is 289 g/mol. The van der Waals surface area contributed by atoms with Gasteiger partial charge in [-0.2, -0.15) is 0 Å². The normalized spacial score (nSPS) is 11.1. The molecular weight excluding hydrogens is 276 g/mol. The average molecular weight is 290 g/mol. The number of hydrogen-bond acceptors (Lipinski definition) is 2. The van der Waals surface area contributed by atoms with Crippen molar-refractivity contribution in [2.24, 2.45) is 0 Å². The Hall–Kier alpha value is -1.45. The van der Waals surface area contributed by atoms with Crippen LogP contribution in [0, 0.1) is 0 Å². The van der Waals surface area contributed by atoms with Crippen LogP contribution < -0.4 is 4.57 Å². The summed E-state index contributed by atoms with van der Waals surface area (Å²) in [6, 6.07) is 10.1. The summed E-state index contributed by atoms with van der Waals surface area (Å²) in [5.41, 5.74) is 2.04. The van der Waals surface area contributed by atoms with E-state index >= 15 is 0 Å². The molecule has 1 aromatic carbocycles. The van der Waals surface area contributed by atoms with Gasteiger partial charge in [0.05, 0.1) is 15.3 Å². The summed E-state index contributed by atoms with van der Waals surface area (Å²) < 4.78 is 3.33. The van der Waals surface area contributed by atoms with Crippen molar-refractivity contribution in [2.75, 3.05) is 0 Å². The van der Waals surface area contributed by atoms with Gasteiger partial charge in [0, 0.05) is 12.5 Å². The van der Waals surface area contributed by atoms with E-state index in [1.54, 1.807) is 11.3 Å². The lowest BCUT2D eigenvalue weighted by molar-refractivity contribution is -0.696. The molecule has 0 aliphatic carbocycles. The summed E-state index contributed by atoms with van der Waals surface area (Å²) in [5.74, 6) is 0.